The van der Waals surface area contributed by atoms with Crippen molar-refractivity contribution in [3.05, 3.63) is 57.0 Å². The molecule has 0 saturated carbocycles. The van der Waals surface area contributed by atoms with Crippen LogP contribution in [-0.2, 0) is 11.3 Å². The summed E-state index contributed by atoms with van der Waals surface area (Å²) >= 11 is 9.50. The van der Waals surface area contributed by atoms with Gasteiger partial charge < -0.3 is 15.2 Å². The number of ether oxygens (including phenoxy) is 2. The molecule has 0 atom stereocenters. The Hall–Kier alpha value is -1.72. The second-order valence-electron chi connectivity index (χ2n) is 4.29. The van der Waals surface area contributed by atoms with E-state index in [4.69, 9.17) is 26.8 Å². The van der Waals surface area contributed by atoms with E-state index in [9.17, 15) is 4.79 Å². The van der Waals surface area contributed by atoms with Crippen LogP contribution in [0.3, 0.4) is 0 Å². The Morgan fingerprint density at radius 1 is 1.33 bits per heavy atom. The van der Waals surface area contributed by atoms with Crippen LogP contribution in [0.2, 0.25) is 5.02 Å². The van der Waals surface area contributed by atoms with Crippen molar-refractivity contribution < 1.29 is 14.3 Å². The van der Waals surface area contributed by atoms with Crippen LogP contribution in [-0.4, -0.2) is 13.1 Å². The fourth-order valence-corrected chi connectivity index (χ4v) is 2.53. The lowest BCUT2D eigenvalue weighted by Crippen LogP contribution is -2.07. The van der Waals surface area contributed by atoms with E-state index in [0.29, 0.717) is 5.69 Å². The number of esters is 1. The smallest absolute Gasteiger partial charge is 0.341 e. The van der Waals surface area contributed by atoms with Crippen molar-refractivity contribution in [3.8, 4) is 5.75 Å². The number of halogens is 2. The van der Waals surface area contributed by atoms with Gasteiger partial charge in [-0.3, -0.25) is 0 Å². The van der Waals surface area contributed by atoms with Crippen molar-refractivity contribution in [2.75, 3.05) is 12.8 Å². The van der Waals surface area contributed by atoms with Gasteiger partial charge in [0.1, 0.15) is 12.2 Å². The quantitative estimate of drug-likeness (QED) is 0.651. The zero-order valence-electron chi connectivity index (χ0n) is 11.2. The van der Waals surface area contributed by atoms with Crippen molar-refractivity contribution in [2.24, 2.45) is 0 Å². The molecule has 110 valence electrons. The van der Waals surface area contributed by atoms with Gasteiger partial charge >= 0.3 is 5.97 Å². The zero-order valence-corrected chi connectivity index (χ0v) is 13.6. The van der Waals surface area contributed by atoms with E-state index in [1.807, 2.05) is 24.3 Å². The molecule has 0 aliphatic heterocycles. The number of benzene rings is 2. The molecule has 2 aromatic carbocycles. The molecule has 0 aromatic heterocycles. The number of hydrogen-bond donors (Lipinski definition) is 1. The Morgan fingerprint density at radius 3 is 2.76 bits per heavy atom. The first-order chi connectivity index (χ1) is 10.0. The normalized spacial score (nSPS) is 10.2. The molecule has 6 heteroatoms. The summed E-state index contributed by atoms with van der Waals surface area (Å²) in [5.41, 5.74) is 7.21. The molecule has 0 unspecified atom stereocenters. The highest BCUT2D eigenvalue weighted by molar-refractivity contribution is 9.10. The first-order valence-corrected chi connectivity index (χ1v) is 7.23. The number of anilines is 1. The summed E-state index contributed by atoms with van der Waals surface area (Å²) in [6.07, 6.45) is 0. The minimum Gasteiger partial charge on any atom is -0.486 e. The summed E-state index contributed by atoms with van der Waals surface area (Å²) in [7, 11) is 1.29. The lowest BCUT2D eigenvalue weighted by molar-refractivity contribution is 0.0595. The van der Waals surface area contributed by atoms with Crippen LogP contribution in [0.15, 0.2) is 40.9 Å². The van der Waals surface area contributed by atoms with Crippen molar-refractivity contribution in [3.63, 3.8) is 0 Å². The molecule has 21 heavy (non-hydrogen) atoms. The summed E-state index contributed by atoms with van der Waals surface area (Å²) in [5.74, 6) is -0.286. The molecule has 0 saturated heterocycles. The van der Waals surface area contributed by atoms with Crippen molar-refractivity contribution in [1.29, 1.82) is 0 Å². The highest BCUT2D eigenvalue weighted by Crippen LogP contribution is 2.32. The molecular formula is C15H13BrClNO3. The number of rotatable bonds is 4. The molecule has 2 N–H and O–H groups in total. The van der Waals surface area contributed by atoms with Gasteiger partial charge in [-0.1, -0.05) is 39.7 Å². The van der Waals surface area contributed by atoms with Crippen LogP contribution in [0.4, 0.5) is 5.69 Å². The number of carbonyl (C=O) groups excluding carboxylic acids is 1. The van der Waals surface area contributed by atoms with E-state index in [1.165, 1.54) is 19.2 Å². The van der Waals surface area contributed by atoms with E-state index in [0.717, 1.165) is 10.0 Å². The zero-order chi connectivity index (χ0) is 15.4. The minimum atomic E-state index is -0.548. The average molecular weight is 371 g/mol. The van der Waals surface area contributed by atoms with Gasteiger partial charge in [0.2, 0.25) is 0 Å². The van der Waals surface area contributed by atoms with Gasteiger partial charge in [0.05, 0.1) is 12.1 Å². The van der Waals surface area contributed by atoms with Crippen LogP contribution >= 0.6 is 27.5 Å². The molecule has 0 spiro atoms. The van der Waals surface area contributed by atoms with Crippen LogP contribution in [0, 0.1) is 0 Å². The molecule has 0 bridgehead atoms. The van der Waals surface area contributed by atoms with Crippen LogP contribution < -0.4 is 10.5 Å². The van der Waals surface area contributed by atoms with Crippen LogP contribution in [0.1, 0.15) is 15.9 Å². The van der Waals surface area contributed by atoms with Gasteiger partial charge in [-0.2, -0.15) is 0 Å². The predicted octanol–water partition coefficient (Wildman–Crippen LogP) is 4.05. The SMILES string of the molecule is COC(=O)c1cc(N)cc(Cl)c1OCc1cccc(Br)c1. The first-order valence-electron chi connectivity index (χ1n) is 6.06. The lowest BCUT2D eigenvalue weighted by atomic mass is 10.1. The molecule has 0 aliphatic carbocycles. The van der Waals surface area contributed by atoms with Crippen molar-refractivity contribution >= 4 is 39.2 Å². The maximum atomic E-state index is 11.8. The highest BCUT2D eigenvalue weighted by Gasteiger charge is 2.17. The third-order valence-corrected chi connectivity index (χ3v) is 3.52. The summed E-state index contributed by atoms with van der Waals surface area (Å²) in [6, 6.07) is 10.7. The molecule has 4 nitrogen and oxygen atoms in total. The molecule has 2 rings (SSSR count). The van der Waals surface area contributed by atoms with Gasteiger partial charge in [-0.15, -0.1) is 0 Å². The van der Waals surface area contributed by atoms with E-state index < -0.39 is 5.97 Å². The summed E-state index contributed by atoms with van der Waals surface area (Å²) < 4.78 is 11.3. The minimum absolute atomic E-state index is 0.206. The molecule has 2 aromatic rings. The second-order valence-corrected chi connectivity index (χ2v) is 5.61. The third kappa shape index (κ3) is 3.89. The first kappa shape index (κ1) is 15.7. The maximum absolute atomic E-state index is 11.8. The van der Waals surface area contributed by atoms with Gasteiger partial charge in [0, 0.05) is 10.2 Å². The lowest BCUT2D eigenvalue weighted by Gasteiger charge is -2.13. The summed E-state index contributed by atoms with van der Waals surface area (Å²) in [6.45, 7) is 0.271. The Labute approximate surface area is 135 Å². The van der Waals surface area contributed by atoms with Gasteiger partial charge in [-0.25, -0.2) is 4.79 Å². The fraction of sp³-hybridized carbons (Fsp3) is 0.133. The Balaban J connectivity index is 2.28. The predicted molar refractivity (Wildman–Crippen MR) is 85.7 cm³/mol. The molecule has 0 heterocycles. The molecule has 0 aliphatic rings. The number of hydrogen-bond acceptors (Lipinski definition) is 4. The number of methoxy groups -OCH3 is 1. The van der Waals surface area contributed by atoms with Crippen LogP contribution in [0.5, 0.6) is 5.75 Å². The maximum Gasteiger partial charge on any atom is 0.341 e. The average Bonchev–Trinajstić information content (AvgIpc) is 2.45. The van der Waals surface area contributed by atoms with Crippen molar-refractivity contribution in [1.82, 2.24) is 0 Å². The van der Waals surface area contributed by atoms with Gasteiger partial charge in [-0.05, 0) is 29.8 Å². The van der Waals surface area contributed by atoms with Gasteiger partial charge in [0.15, 0.2) is 5.75 Å². The summed E-state index contributed by atoms with van der Waals surface area (Å²) in [5, 5.41) is 0.269. The Kier molecular flexibility index (Phi) is 5.09. The monoisotopic (exact) mass is 369 g/mol. The number of nitrogen functional groups attached to an aromatic ring is 1. The van der Waals surface area contributed by atoms with Gasteiger partial charge in [0.25, 0.3) is 0 Å². The van der Waals surface area contributed by atoms with E-state index >= 15 is 0 Å². The standard InChI is InChI=1S/C15H13BrClNO3/c1-20-15(19)12-6-11(18)7-13(17)14(12)21-8-9-3-2-4-10(16)5-9/h2-7H,8,18H2,1H3. The number of nitrogens with two attached hydrogens (primary N) is 1. The topological polar surface area (TPSA) is 61.5 Å². The van der Waals surface area contributed by atoms with E-state index in [2.05, 4.69) is 15.9 Å². The number of carbonyl (C=O) groups is 1. The fourth-order valence-electron chi connectivity index (χ4n) is 1.80. The second kappa shape index (κ2) is 6.83. The third-order valence-electron chi connectivity index (χ3n) is 2.74. The van der Waals surface area contributed by atoms with E-state index in [1.54, 1.807) is 0 Å². The molecule has 0 amide bonds. The summed E-state index contributed by atoms with van der Waals surface area (Å²) in [4.78, 5) is 11.8. The molecule has 0 radical (unpaired) electrons. The Morgan fingerprint density at radius 2 is 2.10 bits per heavy atom. The van der Waals surface area contributed by atoms with Crippen molar-refractivity contribution in [2.45, 2.75) is 6.61 Å². The molecule has 0 fully saturated rings. The van der Waals surface area contributed by atoms with Crippen LogP contribution in [0.25, 0.3) is 0 Å². The highest BCUT2D eigenvalue weighted by atomic mass is 79.9. The Bertz CT molecular complexity index is 676. The largest absolute Gasteiger partial charge is 0.486 e. The van der Waals surface area contributed by atoms with E-state index in [-0.39, 0.29) is 22.9 Å². The molecular weight excluding hydrogens is 358 g/mol.